The van der Waals surface area contributed by atoms with Gasteiger partial charge in [-0.3, -0.25) is 23.5 Å². The number of hydrogen-bond acceptors (Lipinski definition) is 5. The Balaban J connectivity index is 1.83. The van der Waals surface area contributed by atoms with Crippen molar-refractivity contribution in [1.82, 2.24) is 9.13 Å². The number of hydrogen-bond donors (Lipinski definition) is 1. The Hall–Kier alpha value is -3.52. The molecule has 9 heteroatoms. The van der Waals surface area contributed by atoms with Crippen molar-refractivity contribution in [3.8, 4) is 17.2 Å². The van der Waals surface area contributed by atoms with E-state index in [1.54, 1.807) is 36.4 Å². The van der Waals surface area contributed by atoms with Gasteiger partial charge in [-0.15, -0.1) is 0 Å². The number of halogens is 1. The third-order valence-electron chi connectivity index (χ3n) is 4.15. The molecule has 3 aromatic rings. The molecular formula is C20H18ClN3O5. The van der Waals surface area contributed by atoms with Crippen molar-refractivity contribution in [3.05, 3.63) is 80.6 Å². The fourth-order valence-electron chi connectivity index (χ4n) is 2.75. The Morgan fingerprint density at radius 2 is 1.72 bits per heavy atom. The fourth-order valence-corrected chi connectivity index (χ4v) is 3.01. The van der Waals surface area contributed by atoms with Gasteiger partial charge in [0, 0.05) is 18.1 Å². The van der Waals surface area contributed by atoms with E-state index in [1.807, 2.05) is 0 Å². The molecule has 0 atom stereocenters. The van der Waals surface area contributed by atoms with E-state index in [9.17, 15) is 14.4 Å². The van der Waals surface area contributed by atoms with Crippen molar-refractivity contribution >= 4 is 23.2 Å². The SMILES string of the molecule is COc1ccc(NC(=O)Cn2ccn(-c3ccccc3OC)c(=O)c2=O)cc1Cl. The second-order valence-corrected chi connectivity index (χ2v) is 6.38. The van der Waals surface area contributed by atoms with Crippen molar-refractivity contribution in [2.75, 3.05) is 19.5 Å². The lowest BCUT2D eigenvalue weighted by Crippen LogP contribution is -2.41. The zero-order chi connectivity index (χ0) is 21.0. The third-order valence-corrected chi connectivity index (χ3v) is 4.45. The maximum Gasteiger partial charge on any atom is 0.321 e. The van der Waals surface area contributed by atoms with Crippen LogP contribution in [0.3, 0.4) is 0 Å². The van der Waals surface area contributed by atoms with Gasteiger partial charge < -0.3 is 14.8 Å². The first-order valence-corrected chi connectivity index (χ1v) is 8.91. The molecule has 0 unspecified atom stereocenters. The van der Waals surface area contributed by atoms with E-state index >= 15 is 0 Å². The molecule has 0 aliphatic carbocycles. The minimum Gasteiger partial charge on any atom is -0.495 e. The summed E-state index contributed by atoms with van der Waals surface area (Å²) in [6, 6.07) is 11.6. The number of carbonyl (C=O) groups is 1. The summed E-state index contributed by atoms with van der Waals surface area (Å²) in [5.41, 5.74) is -0.753. The molecular weight excluding hydrogens is 398 g/mol. The minimum absolute atomic E-state index is 0.329. The second kappa shape index (κ2) is 8.66. The lowest BCUT2D eigenvalue weighted by Gasteiger charge is -2.12. The zero-order valence-electron chi connectivity index (χ0n) is 15.7. The van der Waals surface area contributed by atoms with E-state index in [4.69, 9.17) is 21.1 Å². The standard InChI is InChI=1S/C20H18ClN3O5/c1-28-16-8-7-13(11-14(16)21)22-18(25)12-23-9-10-24(20(27)19(23)26)15-5-3-4-6-17(15)29-2/h3-11H,12H2,1-2H3,(H,22,25). The van der Waals surface area contributed by atoms with Gasteiger partial charge >= 0.3 is 11.1 Å². The van der Waals surface area contributed by atoms with Gasteiger partial charge in [-0.25, -0.2) is 0 Å². The van der Waals surface area contributed by atoms with Crippen LogP contribution in [0.2, 0.25) is 5.02 Å². The highest BCUT2D eigenvalue weighted by Crippen LogP contribution is 2.27. The van der Waals surface area contributed by atoms with Crippen LogP contribution >= 0.6 is 11.6 Å². The van der Waals surface area contributed by atoms with Crippen LogP contribution in [0, 0.1) is 0 Å². The van der Waals surface area contributed by atoms with Crippen LogP contribution in [0.25, 0.3) is 5.69 Å². The highest BCUT2D eigenvalue weighted by atomic mass is 35.5. The molecule has 0 radical (unpaired) electrons. The number of nitrogens with zero attached hydrogens (tertiary/aromatic N) is 2. The Labute approximate surface area is 170 Å². The molecule has 0 spiro atoms. The molecule has 8 nitrogen and oxygen atoms in total. The predicted octanol–water partition coefficient (Wildman–Crippen LogP) is 2.31. The molecule has 0 saturated heterocycles. The molecule has 1 aromatic heterocycles. The van der Waals surface area contributed by atoms with Crippen LogP contribution in [0.5, 0.6) is 11.5 Å². The van der Waals surface area contributed by atoms with Gasteiger partial charge in [0.15, 0.2) is 0 Å². The molecule has 0 saturated carbocycles. The van der Waals surface area contributed by atoms with E-state index in [-0.39, 0.29) is 6.54 Å². The fraction of sp³-hybridized carbons (Fsp3) is 0.150. The summed E-state index contributed by atoms with van der Waals surface area (Å²) in [5, 5.41) is 2.96. The quantitative estimate of drug-likeness (QED) is 0.624. The summed E-state index contributed by atoms with van der Waals surface area (Å²) >= 11 is 6.03. The third kappa shape index (κ3) is 4.33. The van der Waals surface area contributed by atoms with Crippen molar-refractivity contribution in [2.45, 2.75) is 6.54 Å². The normalized spacial score (nSPS) is 10.4. The van der Waals surface area contributed by atoms with Gasteiger partial charge in [-0.1, -0.05) is 23.7 Å². The predicted molar refractivity (Wildman–Crippen MR) is 109 cm³/mol. The Morgan fingerprint density at radius 3 is 2.41 bits per heavy atom. The topological polar surface area (TPSA) is 91.6 Å². The van der Waals surface area contributed by atoms with Gasteiger partial charge in [0.05, 0.1) is 24.9 Å². The van der Waals surface area contributed by atoms with Crippen molar-refractivity contribution in [2.24, 2.45) is 0 Å². The van der Waals surface area contributed by atoms with Crippen molar-refractivity contribution in [3.63, 3.8) is 0 Å². The van der Waals surface area contributed by atoms with Gasteiger partial charge in [-0.05, 0) is 30.3 Å². The lowest BCUT2D eigenvalue weighted by molar-refractivity contribution is -0.116. The maximum absolute atomic E-state index is 12.5. The molecule has 3 rings (SSSR count). The van der Waals surface area contributed by atoms with E-state index < -0.39 is 17.0 Å². The van der Waals surface area contributed by atoms with Gasteiger partial charge in [0.25, 0.3) is 0 Å². The first kappa shape index (κ1) is 20.2. The number of para-hydroxylation sites is 2. The number of aromatic nitrogens is 2. The summed E-state index contributed by atoms with van der Waals surface area (Å²) in [5.74, 6) is 0.435. The van der Waals surface area contributed by atoms with Crippen LogP contribution in [0.15, 0.2) is 64.4 Å². The Morgan fingerprint density at radius 1 is 1.00 bits per heavy atom. The molecule has 0 aliphatic rings. The first-order chi connectivity index (χ1) is 13.9. The molecule has 2 aromatic carbocycles. The molecule has 1 amide bonds. The molecule has 29 heavy (non-hydrogen) atoms. The monoisotopic (exact) mass is 415 g/mol. The minimum atomic E-state index is -0.832. The number of ether oxygens (including phenoxy) is 2. The number of anilines is 1. The number of nitrogens with one attached hydrogen (secondary N) is 1. The average Bonchev–Trinajstić information content (AvgIpc) is 2.72. The summed E-state index contributed by atoms with van der Waals surface area (Å²) in [4.78, 5) is 37.3. The summed E-state index contributed by atoms with van der Waals surface area (Å²) in [6.45, 7) is -0.329. The highest BCUT2D eigenvalue weighted by molar-refractivity contribution is 6.32. The van der Waals surface area contributed by atoms with E-state index in [1.165, 1.54) is 37.2 Å². The summed E-state index contributed by atoms with van der Waals surface area (Å²) in [6.07, 6.45) is 2.79. The van der Waals surface area contributed by atoms with Crippen LogP contribution in [-0.2, 0) is 11.3 Å². The zero-order valence-corrected chi connectivity index (χ0v) is 16.5. The van der Waals surface area contributed by atoms with Crippen LogP contribution in [-0.4, -0.2) is 29.3 Å². The number of rotatable bonds is 6. The number of methoxy groups -OCH3 is 2. The van der Waals surface area contributed by atoms with Crippen molar-refractivity contribution in [1.29, 1.82) is 0 Å². The molecule has 1 N–H and O–H groups in total. The number of amides is 1. The van der Waals surface area contributed by atoms with E-state index in [2.05, 4.69) is 5.32 Å². The largest absolute Gasteiger partial charge is 0.495 e. The highest BCUT2D eigenvalue weighted by Gasteiger charge is 2.13. The van der Waals surface area contributed by atoms with Gasteiger partial charge in [-0.2, -0.15) is 0 Å². The van der Waals surface area contributed by atoms with E-state index in [0.29, 0.717) is 27.9 Å². The van der Waals surface area contributed by atoms with Crippen LogP contribution < -0.4 is 25.9 Å². The first-order valence-electron chi connectivity index (χ1n) is 8.53. The smallest absolute Gasteiger partial charge is 0.321 e. The molecule has 0 fully saturated rings. The number of carbonyl (C=O) groups excluding carboxylic acids is 1. The summed E-state index contributed by atoms with van der Waals surface area (Å²) in [7, 11) is 2.96. The Bertz CT molecular complexity index is 1170. The van der Waals surface area contributed by atoms with Gasteiger partial charge in [0.2, 0.25) is 5.91 Å². The summed E-state index contributed by atoms with van der Waals surface area (Å²) < 4.78 is 12.5. The second-order valence-electron chi connectivity index (χ2n) is 5.98. The maximum atomic E-state index is 12.5. The van der Waals surface area contributed by atoms with Crippen LogP contribution in [0.1, 0.15) is 0 Å². The molecule has 0 aliphatic heterocycles. The van der Waals surface area contributed by atoms with Crippen LogP contribution in [0.4, 0.5) is 5.69 Å². The number of benzene rings is 2. The Kier molecular flexibility index (Phi) is 6.04. The van der Waals surface area contributed by atoms with Crippen molar-refractivity contribution < 1.29 is 14.3 Å². The van der Waals surface area contributed by atoms with E-state index in [0.717, 1.165) is 4.57 Å². The molecule has 1 heterocycles. The average molecular weight is 416 g/mol. The lowest BCUT2D eigenvalue weighted by atomic mass is 10.3. The van der Waals surface area contributed by atoms with Gasteiger partial charge in [0.1, 0.15) is 18.0 Å². The molecule has 0 bridgehead atoms. The molecule has 150 valence electrons.